The van der Waals surface area contributed by atoms with E-state index in [1.807, 2.05) is 37.2 Å². The Balaban J connectivity index is 3.00. The first-order valence-corrected chi connectivity index (χ1v) is 6.53. The highest BCUT2D eigenvalue weighted by molar-refractivity contribution is 6.31. The number of nitrogens with zero attached hydrogens (tertiary/aromatic N) is 1. The molecule has 0 aliphatic heterocycles. The largest absolute Gasteiger partial charge is 0.467 e. The van der Waals surface area contributed by atoms with E-state index in [2.05, 4.69) is 5.32 Å². The highest BCUT2D eigenvalue weighted by Crippen LogP contribution is 2.28. The van der Waals surface area contributed by atoms with E-state index in [1.165, 1.54) is 7.11 Å². The highest BCUT2D eigenvalue weighted by atomic mass is 35.5. The van der Waals surface area contributed by atoms with Crippen LogP contribution in [0.3, 0.4) is 0 Å². The van der Waals surface area contributed by atoms with Gasteiger partial charge in [-0.2, -0.15) is 0 Å². The van der Waals surface area contributed by atoms with E-state index in [4.69, 9.17) is 16.3 Å². The minimum Gasteiger partial charge on any atom is -0.467 e. The number of benzene rings is 1. The fourth-order valence-corrected chi connectivity index (χ4v) is 2.20. The van der Waals surface area contributed by atoms with Gasteiger partial charge < -0.3 is 9.64 Å². The molecule has 106 valence electrons. The summed E-state index contributed by atoms with van der Waals surface area (Å²) < 4.78 is 4.91. The van der Waals surface area contributed by atoms with Gasteiger partial charge in [-0.25, -0.2) is 4.79 Å². The van der Waals surface area contributed by atoms with Crippen LogP contribution in [-0.2, 0) is 15.1 Å². The van der Waals surface area contributed by atoms with Crippen molar-refractivity contribution < 1.29 is 9.53 Å². The average Bonchev–Trinajstić information content (AvgIpc) is 2.37. The molecule has 1 aromatic carbocycles. The number of nitrogens with one attached hydrogen (secondary N) is 1. The summed E-state index contributed by atoms with van der Waals surface area (Å²) in [5.41, 5.74) is -0.217. The lowest BCUT2D eigenvalue weighted by Crippen LogP contribution is -2.49. The second-order valence-electron chi connectivity index (χ2n) is 4.83. The van der Waals surface area contributed by atoms with Crippen LogP contribution in [0.2, 0.25) is 5.02 Å². The molecule has 5 heteroatoms. The van der Waals surface area contributed by atoms with Crippen LogP contribution in [-0.4, -0.2) is 45.2 Å². The van der Waals surface area contributed by atoms with Gasteiger partial charge in [0.25, 0.3) is 0 Å². The summed E-state index contributed by atoms with van der Waals surface area (Å²) in [6.07, 6.45) is 0. The molecule has 0 radical (unpaired) electrons. The minimum atomic E-state index is -0.941. The van der Waals surface area contributed by atoms with Gasteiger partial charge in [0.15, 0.2) is 0 Å². The molecular weight excluding hydrogens is 264 g/mol. The molecular formula is C14H21ClN2O2. The summed E-state index contributed by atoms with van der Waals surface area (Å²) in [6.45, 7) is 3.26. The molecule has 0 amide bonds. The number of methoxy groups -OCH3 is 1. The number of carbonyl (C=O) groups excluding carboxylic acids is 1. The van der Waals surface area contributed by atoms with Crippen molar-refractivity contribution in [3.8, 4) is 0 Å². The molecule has 0 saturated heterocycles. The number of carbonyl (C=O) groups is 1. The predicted octanol–water partition coefficient (Wildman–Crippen LogP) is 1.88. The number of esters is 1. The van der Waals surface area contributed by atoms with Crippen molar-refractivity contribution >= 4 is 17.6 Å². The van der Waals surface area contributed by atoms with Gasteiger partial charge in [-0.1, -0.05) is 29.8 Å². The molecule has 0 spiro atoms. The van der Waals surface area contributed by atoms with Gasteiger partial charge in [-0.3, -0.25) is 5.32 Å². The Morgan fingerprint density at radius 1 is 1.42 bits per heavy atom. The third-order valence-electron chi connectivity index (χ3n) is 3.04. The van der Waals surface area contributed by atoms with Gasteiger partial charge in [0.05, 0.1) is 7.11 Å². The first-order valence-electron chi connectivity index (χ1n) is 6.15. The monoisotopic (exact) mass is 284 g/mol. The number of ether oxygens (including phenoxy) is 1. The van der Waals surface area contributed by atoms with Gasteiger partial charge in [0, 0.05) is 23.7 Å². The second-order valence-corrected chi connectivity index (χ2v) is 5.23. The molecule has 4 nitrogen and oxygen atoms in total. The molecule has 0 bridgehead atoms. The molecule has 1 aromatic rings. The maximum atomic E-state index is 12.1. The number of hydrogen-bond acceptors (Lipinski definition) is 4. The first kappa shape index (κ1) is 16.0. The Hall–Kier alpha value is -1.10. The normalized spacial score (nSPS) is 14.2. The summed E-state index contributed by atoms with van der Waals surface area (Å²) in [7, 11) is 5.34. The maximum absolute atomic E-state index is 12.1. The Labute approximate surface area is 119 Å². The molecule has 0 fully saturated rings. The fraction of sp³-hybridized carbons (Fsp3) is 0.500. The lowest BCUT2D eigenvalue weighted by atomic mass is 9.92. The summed E-state index contributed by atoms with van der Waals surface area (Å²) in [5.74, 6) is -0.348. The Bertz CT molecular complexity index is 437. The molecule has 1 rings (SSSR count). The molecule has 19 heavy (non-hydrogen) atoms. The first-order chi connectivity index (χ1) is 8.91. The van der Waals surface area contributed by atoms with Crippen LogP contribution in [0.4, 0.5) is 0 Å². The van der Waals surface area contributed by atoms with Crippen molar-refractivity contribution in [3.63, 3.8) is 0 Å². The highest BCUT2D eigenvalue weighted by Gasteiger charge is 2.37. The van der Waals surface area contributed by atoms with E-state index in [-0.39, 0.29) is 5.97 Å². The number of rotatable bonds is 6. The van der Waals surface area contributed by atoms with E-state index >= 15 is 0 Å². The average molecular weight is 285 g/mol. The standard InChI is InChI=1S/C14H21ClN2O2/c1-14(13(18)19-4,16-9-10-17(2)3)11-7-5-6-8-12(11)15/h5-8,16H,9-10H2,1-4H3. The molecule has 0 aliphatic carbocycles. The summed E-state index contributed by atoms with van der Waals surface area (Å²) >= 11 is 6.19. The van der Waals surface area contributed by atoms with Crippen LogP contribution in [0.25, 0.3) is 0 Å². The van der Waals surface area contributed by atoms with Crippen LogP contribution >= 0.6 is 11.6 Å². The second kappa shape index (κ2) is 6.89. The Morgan fingerprint density at radius 3 is 2.58 bits per heavy atom. The Kier molecular flexibility index (Phi) is 5.79. The third-order valence-corrected chi connectivity index (χ3v) is 3.37. The van der Waals surface area contributed by atoms with E-state index in [1.54, 1.807) is 13.0 Å². The van der Waals surface area contributed by atoms with Gasteiger partial charge in [-0.15, -0.1) is 0 Å². The van der Waals surface area contributed by atoms with Crippen molar-refractivity contribution in [2.75, 3.05) is 34.3 Å². The summed E-state index contributed by atoms with van der Waals surface area (Å²) in [6, 6.07) is 7.30. The lowest BCUT2D eigenvalue weighted by molar-refractivity contribution is -0.148. The quantitative estimate of drug-likeness (QED) is 0.810. The van der Waals surface area contributed by atoms with Crippen molar-refractivity contribution in [1.82, 2.24) is 10.2 Å². The molecule has 0 saturated carbocycles. The third kappa shape index (κ3) is 3.93. The molecule has 0 heterocycles. The van der Waals surface area contributed by atoms with Crippen molar-refractivity contribution in [2.45, 2.75) is 12.5 Å². The maximum Gasteiger partial charge on any atom is 0.330 e. The van der Waals surface area contributed by atoms with E-state index < -0.39 is 5.54 Å². The summed E-state index contributed by atoms with van der Waals surface area (Å²) in [4.78, 5) is 14.1. The number of likely N-dealkylation sites (N-methyl/N-ethyl adjacent to an activating group) is 1. The van der Waals surface area contributed by atoms with Crippen LogP contribution in [0.5, 0.6) is 0 Å². The molecule has 1 unspecified atom stereocenters. The molecule has 0 aliphatic rings. The number of hydrogen-bond donors (Lipinski definition) is 1. The zero-order valence-electron chi connectivity index (χ0n) is 11.9. The zero-order chi connectivity index (χ0) is 14.5. The molecule has 1 N–H and O–H groups in total. The van der Waals surface area contributed by atoms with Crippen molar-refractivity contribution in [1.29, 1.82) is 0 Å². The summed E-state index contributed by atoms with van der Waals surface area (Å²) in [5, 5.41) is 3.78. The van der Waals surface area contributed by atoms with Crippen LogP contribution < -0.4 is 5.32 Å². The smallest absolute Gasteiger partial charge is 0.330 e. The van der Waals surface area contributed by atoms with Crippen LogP contribution in [0.15, 0.2) is 24.3 Å². The molecule has 0 aromatic heterocycles. The molecule has 1 atom stereocenters. The van der Waals surface area contributed by atoms with Gasteiger partial charge in [0.2, 0.25) is 0 Å². The topological polar surface area (TPSA) is 41.6 Å². The fourth-order valence-electron chi connectivity index (χ4n) is 1.88. The van der Waals surface area contributed by atoms with E-state index in [0.29, 0.717) is 11.6 Å². The predicted molar refractivity (Wildman–Crippen MR) is 77.4 cm³/mol. The Morgan fingerprint density at radius 2 is 2.05 bits per heavy atom. The van der Waals surface area contributed by atoms with E-state index in [0.717, 1.165) is 12.1 Å². The van der Waals surface area contributed by atoms with Gasteiger partial charge in [-0.05, 0) is 27.1 Å². The lowest BCUT2D eigenvalue weighted by Gasteiger charge is -2.30. The number of halogens is 1. The van der Waals surface area contributed by atoms with Crippen LogP contribution in [0.1, 0.15) is 12.5 Å². The minimum absolute atomic E-state index is 0.348. The van der Waals surface area contributed by atoms with Crippen molar-refractivity contribution in [2.24, 2.45) is 0 Å². The van der Waals surface area contributed by atoms with E-state index in [9.17, 15) is 4.79 Å². The van der Waals surface area contributed by atoms with Crippen molar-refractivity contribution in [3.05, 3.63) is 34.9 Å². The van der Waals surface area contributed by atoms with Gasteiger partial charge in [0.1, 0.15) is 5.54 Å². The zero-order valence-corrected chi connectivity index (χ0v) is 12.6. The van der Waals surface area contributed by atoms with Crippen LogP contribution in [0, 0.1) is 0 Å². The SMILES string of the molecule is COC(=O)C(C)(NCCN(C)C)c1ccccc1Cl. The van der Waals surface area contributed by atoms with Gasteiger partial charge >= 0.3 is 5.97 Å².